The van der Waals surface area contributed by atoms with Crippen LogP contribution in [0.25, 0.3) is 0 Å². The average molecular weight is 208 g/mol. The van der Waals surface area contributed by atoms with E-state index in [1.165, 1.54) is 57.8 Å². The van der Waals surface area contributed by atoms with E-state index in [1.807, 2.05) is 0 Å². The van der Waals surface area contributed by atoms with Gasteiger partial charge in [0.25, 0.3) is 0 Å². The lowest BCUT2D eigenvalue weighted by molar-refractivity contribution is 0.613. The van der Waals surface area contributed by atoms with Crippen LogP contribution >= 0.6 is 0 Å². The summed E-state index contributed by atoms with van der Waals surface area (Å²) < 4.78 is 0. The molecule has 0 bridgehead atoms. The molecule has 0 unspecified atom stereocenters. The van der Waals surface area contributed by atoms with Crippen LogP contribution < -0.4 is 0 Å². The third-order valence-electron chi connectivity index (χ3n) is 2.69. The molecule has 15 heavy (non-hydrogen) atoms. The van der Waals surface area contributed by atoms with E-state index < -0.39 is 0 Å². The Balaban J connectivity index is 3.02. The van der Waals surface area contributed by atoms with Crippen molar-refractivity contribution in [3.8, 4) is 11.8 Å². The van der Waals surface area contributed by atoms with Gasteiger partial charge in [0, 0.05) is 12.8 Å². The van der Waals surface area contributed by atoms with Crippen LogP contribution in [-0.2, 0) is 0 Å². The van der Waals surface area contributed by atoms with Crippen molar-refractivity contribution in [1.82, 2.24) is 0 Å². The Morgan fingerprint density at radius 3 is 1.53 bits per heavy atom. The molecule has 0 amide bonds. The van der Waals surface area contributed by atoms with Gasteiger partial charge in [-0.05, 0) is 12.8 Å². The fraction of sp³-hybridized carbons (Fsp3) is 0.867. The first kappa shape index (κ1) is 14.6. The molecule has 0 aliphatic heterocycles. The Hall–Kier alpha value is -0.440. The fourth-order valence-electron chi connectivity index (χ4n) is 1.63. The molecule has 0 nitrogen and oxygen atoms in total. The van der Waals surface area contributed by atoms with Crippen molar-refractivity contribution in [1.29, 1.82) is 0 Å². The van der Waals surface area contributed by atoms with Crippen LogP contribution in [0, 0.1) is 11.8 Å². The van der Waals surface area contributed by atoms with E-state index in [9.17, 15) is 0 Å². The van der Waals surface area contributed by atoms with Gasteiger partial charge < -0.3 is 0 Å². The highest BCUT2D eigenvalue weighted by Crippen LogP contribution is 2.06. The molecule has 0 radical (unpaired) electrons. The summed E-state index contributed by atoms with van der Waals surface area (Å²) in [6.07, 6.45) is 14.4. The van der Waals surface area contributed by atoms with Crippen molar-refractivity contribution < 1.29 is 0 Å². The summed E-state index contributed by atoms with van der Waals surface area (Å²) in [5.41, 5.74) is 0. The van der Waals surface area contributed by atoms with Crippen molar-refractivity contribution in [2.45, 2.75) is 84.5 Å². The maximum Gasteiger partial charge on any atom is 0.00886 e. The van der Waals surface area contributed by atoms with E-state index in [-0.39, 0.29) is 0 Å². The molecule has 0 saturated carbocycles. The topological polar surface area (TPSA) is 0 Å². The summed E-state index contributed by atoms with van der Waals surface area (Å²) in [5, 5.41) is 0. The molecule has 0 saturated heterocycles. The lowest BCUT2D eigenvalue weighted by Crippen LogP contribution is -1.78. The Kier molecular flexibility index (Phi) is 13.2. The zero-order valence-electron chi connectivity index (χ0n) is 10.8. The van der Waals surface area contributed by atoms with Crippen LogP contribution in [0.2, 0.25) is 0 Å². The summed E-state index contributed by atoms with van der Waals surface area (Å²) >= 11 is 0. The molecule has 0 heterocycles. The molecule has 0 fully saturated rings. The largest absolute Gasteiger partial charge is 0.103 e. The summed E-state index contributed by atoms with van der Waals surface area (Å²) in [5.74, 6) is 6.56. The number of hydrogen-bond acceptors (Lipinski definition) is 0. The maximum absolute atomic E-state index is 3.29. The highest BCUT2D eigenvalue weighted by molar-refractivity contribution is 4.98. The van der Waals surface area contributed by atoms with Gasteiger partial charge in [-0.2, -0.15) is 0 Å². The zero-order valence-corrected chi connectivity index (χ0v) is 10.8. The van der Waals surface area contributed by atoms with Crippen LogP contribution in [-0.4, -0.2) is 0 Å². The lowest BCUT2D eigenvalue weighted by atomic mass is 10.1. The quantitative estimate of drug-likeness (QED) is 0.355. The SMILES string of the molecule is CCCCCC#CCCCCCCCC. The molecular formula is C15H28. The van der Waals surface area contributed by atoms with Gasteiger partial charge >= 0.3 is 0 Å². The summed E-state index contributed by atoms with van der Waals surface area (Å²) in [6, 6.07) is 0. The molecule has 0 spiro atoms. The van der Waals surface area contributed by atoms with Gasteiger partial charge in [-0.15, -0.1) is 11.8 Å². The Morgan fingerprint density at radius 1 is 0.533 bits per heavy atom. The number of rotatable bonds is 9. The molecule has 0 aromatic rings. The Morgan fingerprint density at radius 2 is 0.933 bits per heavy atom. The first-order valence-corrected chi connectivity index (χ1v) is 6.87. The van der Waals surface area contributed by atoms with Crippen molar-refractivity contribution >= 4 is 0 Å². The van der Waals surface area contributed by atoms with Crippen molar-refractivity contribution in [2.24, 2.45) is 0 Å². The lowest BCUT2D eigenvalue weighted by Gasteiger charge is -1.96. The summed E-state index contributed by atoms with van der Waals surface area (Å²) in [7, 11) is 0. The van der Waals surface area contributed by atoms with Gasteiger partial charge in [-0.25, -0.2) is 0 Å². The maximum atomic E-state index is 3.29. The number of unbranched alkanes of at least 4 members (excludes halogenated alkanes) is 9. The molecular weight excluding hydrogens is 180 g/mol. The second-order valence-electron chi connectivity index (χ2n) is 4.33. The molecule has 0 aliphatic rings. The predicted molar refractivity (Wildman–Crippen MR) is 69.9 cm³/mol. The molecule has 0 rings (SSSR count). The minimum atomic E-state index is 1.11. The van der Waals surface area contributed by atoms with Gasteiger partial charge in [-0.3, -0.25) is 0 Å². The standard InChI is InChI=1S/C15H28/c1-3-5-7-9-11-13-15-14-12-10-8-6-4-2/h3-11,13,15H2,1-2H3. The molecule has 0 heteroatoms. The summed E-state index contributed by atoms with van der Waals surface area (Å²) in [4.78, 5) is 0. The summed E-state index contributed by atoms with van der Waals surface area (Å²) in [6.45, 7) is 4.51. The molecule has 0 atom stereocenters. The highest BCUT2D eigenvalue weighted by atomic mass is 13.9. The highest BCUT2D eigenvalue weighted by Gasteiger charge is 1.87. The normalized spacial score (nSPS) is 9.73. The van der Waals surface area contributed by atoms with Gasteiger partial charge in [0.1, 0.15) is 0 Å². The van der Waals surface area contributed by atoms with Crippen LogP contribution in [0.15, 0.2) is 0 Å². The van der Waals surface area contributed by atoms with E-state index in [0.29, 0.717) is 0 Å². The van der Waals surface area contributed by atoms with E-state index in [0.717, 1.165) is 12.8 Å². The first-order valence-electron chi connectivity index (χ1n) is 6.87. The molecule has 0 aromatic heterocycles. The van der Waals surface area contributed by atoms with E-state index in [1.54, 1.807) is 0 Å². The molecule has 0 N–H and O–H groups in total. The Labute approximate surface area is 96.8 Å². The monoisotopic (exact) mass is 208 g/mol. The third-order valence-corrected chi connectivity index (χ3v) is 2.69. The van der Waals surface area contributed by atoms with Crippen LogP contribution in [0.3, 0.4) is 0 Å². The predicted octanol–water partition coefficient (Wildman–Crippen LogP) is 5.32. The van der Waals surface area contributed by atoms with Crippen molar-refractivity contribution in [3.63, 3.8) is 0 Å². The smallest absolute Gasteiger partial charge is 0.00886 e. The van der Waals surface area contributed by atoms with Gasteiger partial charge in [0.15, 0.2) is 0 Å². The van der Waals surface area contributed by atoms with Gasteiger partial charge in [0.2, 0.25) is 0 Å². The fourth-order valence-corrected chi connectivity index (χ4v) is 1.63. The van der Waals surface area contributed by atoms with Crippen LogP contribution in [0.1, 0.15) is 84.5 Å². The van der Waals surface area contributed by atoms with Crippen LogP contribution in [0.5, 0.6) is 0 Å². The molecule has 0 aromatic carbocycles. The minimum Gasteiger partial charge on any atom is -0.103 e. The third kappa shape index (κ3) is 13.6. The molecule has 0 aliphatic carbocycles. The number of hydrogen-bond donors (Lipinski definition) is 0. The van der Waals surface area contributed by atoms with E-state index in [4.69, 9.17) is 0 Å². The second kappa shape index (κ2) is 13.6. The van der Waals surface area contributed by atoms with Crippen LogP contribution in [0.4, 0.5) is 0 Å². The van der Waals surface area contributed by atoms with Crippen molar-refractivity contribution in [2.75, 3.05) is 0 Å². The van der Waals surface area contributed by atoms with Gasteiger partial charge in [0.05, 0.1) is 0 Å². The van der Waals surface area contributed by atoms with Crippen molar-refractivity contribution in [3.05, 3.63) is 0 Å². The minimum absolute atomic E-state index is 1.11. The second-order valence-corrected chi connectivity index (χ2v) is 4.33. The first-order chi connectivity index (χ1) is 7.41. The van der Waals surface area contributed by atoms with E-state index >= 15 is 0 Å². The Bertz CT molecular complexity index is 159. The zero-order chi connectivity index (χ0) is 11.2. The molecule has 88 valence electrons. The average Bonchev–Trinajstić information content (AvgIpc) is 2.26. The van der Waals surface area contributed by atoms with Gasteiger partial charge in [-0.1, -0.05) is 58.8 Å². The van der Waals surface area contributed by atoms with E-state index in [2.05, 4.69) is 25.7 Å².